The summed E-state index contributed by atoms with van der Waals surface area (Å²) in [6.45, 7) is 2.46. The molecule has 2 aromatic rings. The zero-order valence-electron chi connectivity index (χ0n) is 13.1. The van der Waals surface area contributed by atoms with E-state index in [-0.39, 0.29) is 5.91 Å². The van der Waals surface area contributed by atoms with Crippen LogP contribution < -0.4 is 20.6 Å². The van der Waals surface area contributed by atoms with Gasteiger partial charge in [0.15, 0.2) is 11.5 Å². The Bertz CT molecular complexity index is 714. The summed E-state index contributed by atoms with van der Waals surface area (Å²) in [5.74, 6) is 0.903. The Balaban J connectivity index is 2.06. The Morgan fingerprint density at radius 2 is 2.04 bits per heavy atom. The van der Waals surface area contributed by atoms with Gasteiger partial charge in [0.05, 0.1) is 25.5 Å². The number of nitrogens with zero attached hydrogens (tertiary/aromatic N) is 1. The van der Waals surface area contributed by atoms with E-state index < -0.39 is 0 Å². The van der Waals surface area contributed by atoms with Crippen molar-refractivity contribution in [2.24, 2.45) is 5.10 Å². The number of carbonyl (C=O) groups excluding carboxylic acids is 1. The van der Waals surface area contributed by atoms with E-state index in [4.69, 9.17) is 15.2 Å². The quantitative estimate of drug-likeness (QED) is 0.487. The lowest BCUT2D eigenvalue weighted by Crippen LogP contribution is -2.19. The lowest BCUT2D eigenvalue weighted by atomic mass is 10.2. The molecule has 0 aliphatic heterocycles. The van der Waals surface area contributed by atoms with Crippen molar-refractivity contribution in [3.63, 3.8) is 0 Å². The number of ether oxygens (including phenoxy) is 2. The lowest BCUT2D eigenvalue weighted by Gasteiger charge is -2.09. The largest absolute Gasteiger partial charge is 0.493 e. The number of rotatable bonds is 6. The summed E-state index contributed by atoms with van der Waals surface area (Å²) in [6, 6.07) is 12.2. The average molecular weight is 313 g/mol. The summed E-state index contributed by atoms with van der Waals surface area (Å²) in [6.07, 6.45) is 1.52. The van der Waals surface area contributed by atoms with Crippen LogP contribution in [0.3, 0.4) is 0 Å². The molecule has 0 heterocycles. The Hall–Kier alpha value is -3.02. The van der Waals surface area contributed by atoms with Crippen LogP contribution >= 0.6 is 0 Å². The molecule has 120 valence electrons. The summed E-state index contributed by atoms with van der Waals surface area (Å²) in [4.78, 5) is 12.0. The average Bonchev–Trinajstić information content (AvgIpc) is 2.56. The summed E-state index contributed by atoms with van der Waals surface area (Å²) in [5, 5.41) is 3.93. The van der Waals surface area contributed by atoms with Crippen LogP contribution in [0.4, 0.5) is 5.69 Å². The van der Waals surface area contributed by atoms with Crippen molar-refractivity contribution >= 4 is 17.8 Å². The first-order valence-electron chi connectivity index (χ1n) is 7.14. The summed E-state index contributed by atoms with van der Waals surface area (Å²) in [5.41, 5.74) is 9.75. The van der Waals surface area contributed by atoms with E-state index in [1.807, 2.05) is 13.0 Å². The molecule has 0 bridgehead atoms. The van der Waals surface area contributed by atoms with Crippen LogP contribution in [0.2, 0.25) is 0 Å². The fourth-order valence-corrected chi connectivity index (χ4v) is 1.97. The molecule has 6 heteroatoms. The number of hydrazone groups is 1. The fraction of sp³-hybridized carbons (Fsp3) is 0.176. The van der Waals surface area contributed by atoms with E-state index >= 15 is 0 Å². The molecule has 0 saturated carbocycles. The maximum Gasteiger partial charge on any atom is 0.273 e. The van der Waals surface area contributed by atoms with Gasteiger partial charge in [0, 0.05) is 5.69 Å². The third kappa shape index (κ3) is 4.23. The minimum absolute atomic E-state index is 0.364. The van der Waals surface area contributed by atoms with Gasteiger partial charge in [-0.25, -0.2) is 5.43 Å². The molecule has 23 heavy (non-hydrogen) atoms. The second kappa shape index (κ2) is 7.84. The minimum atomic E-state index is -0.364. The zero-order valence-corrected chi connectivity index (χ0v) is 13.1. The van der Waals surface area contributed by atoms with Crippen LogP contribution in [0.1, 0.15) is 22.8 Å². The molecule has 0 spiro atoms. The highest BCUT2D eigenvalue weighted by atomic mass is 16.5. The normalized spacial score (nSPS) is 10.5. The van der Waals surface area contributed by atoms with Crippen molar-refractivity contribution < 1.29 is 14.3 Å². The first-order valence-corrected chi connectivity index (χ1v) is 7.14. The van der Waals surface area contributed by atoms with E-state index in [0.717, 1.165) is 5.56 Å². The van der Waals surface area contributed by atoms with Crippen LogP contribution in [-0.4, -0.2) is 25.8 Å². The summed E-state index contributed by atoms with van der Waals surface area (Å²) < 4.78 is 10.7. The monoisotopic (exact) mass is 313 g/mol. The molecule has 0 atom stereocenters. The van der Waals surface area contributed by atoms with Crippen LogP contribution in [0.25, 0.3) is 0 Å². The number of hydrogen-bond donors (Lipinski definition) is 2. The van der Waals surface area contributed by atoms with Crippen LogP contribution in [0.15, 0.2) is 47.6 Å². The van der Waals surface area contributed by atoms with Gasteiger partial charge in [0.2, 0.25) is 0 Å². The maximum absolute atomic E-state index is 12.0. The van der Waals surface area contributed by atoms with Gasteiger partial charge in [0.25, 0.3) is 5.91 Å². The number of anilines is 1. The van der Waals surface area contributed by atoms with Gasteiger partial charge < -0.3 is 15.2 Å². The molecule has 0 fully saturated rings. The highest BCUT2D eigenvalue weighted by Crippen LogP contribution is 2.27. The van der Waals surface area contributed by atoms with Crippen molar-refractivity contribution in [2.75, 3.05) is 19.5 Å². The molecule has 6 nitrogen and oxygen atoms in total. The van der Waals surface area contributed by atoms with E-state index in [1.54, 1.807) is 43.5 Å². The molecule has 1 amide bonds. The molecule has 0 aromatic heterocycles. The van der Waals surface area contributed by atoms with E-state index in [0.29, 0.717) is 29.4 Å². The maximum atomic E-state index is 12.0. The lowest BCUT2D eigenvalue weighted by molar-refractivity contribution is 0.0956. The van der Waals surface area contributed by atoms with Crippen LogP contribution in [-0.2, 0) is 0 Å². The number of benzene rings is 2. The second-order valence-electron chi connectivity index (χ2n) is 4.63. The number of amides is 1. The smallest absolute Gasteiger partial charge is 0.273 e. The number of nitrogens with one attached hydrogen (secondary N) is 1. The number of para-hydroxylation sites is 1. The van der Waals surface area contributed by atoms with Gasteiger partial charge in [-0.1, -0.05) is 12.1 Å². The summed E-state index contributed by atoms with van der Waals surface area (Å²) in [7, 11) is 1.57. The van der Waals surface area contributed by atoms with Crippen LogP contribution in [0, 0.1) is 0 Å². The van der Waals surface area contributed by atoms with E-state index in [1.165, 1.54) is 6.21 Å². The molecule has 2 aromatic carbocycles. The predicted octanol–water partition coefficient (Wildman–Crippen LogP) is 2.44. The number of hydrogen-bond acceptors (Lipinski definition) is 5. The van der Waals surface area contributed by atoms with Gasteiger partial charge >= 0.3 is 0 Å². The van der Waals surface area contributed by atoms with Gasteiger partial charge in [-0.2, -0.15) is 5.10 Å². The van der Waals surface area contributed by atoms with Crippen molar-refractivity contribution in [1.82, 2.24) is 5.43 Å². The molecular weight excluding hydrogens is 294 g/mol. The predicted molar refractivity (Wildman–Crippen MR) is 90.1 cm³/mol. The number of nitrogen functional groups attached to an aromatic ring is 1. The summed E-state index contributed by atoms with van der Waals surface area (Å²) >= 11 is 0. The third-order valence-corrected chi connectivity index (χ3v) is 3.07. The SMILES string of the molecule is CCOc1ccc(/C=N\NC(=O)c2ccccc2N)cc1OC. The molecule has 0 unspecified atom stereocenters. The Labute approximate surface area is 134 Å². The molecule has 0 radical (unpaired) electrons. The highest BCUT2D eigenvalue weighted by molar-refractivity contribution is 5.99. The minimum Gasteiger partial charge on any atom is -0.493 e. The molecule has 0 aliphatic rings. The topological polar surface area (TPSA) is 85.9 Å². The van der Waals surface area contributed by atoms with Crippen LogP contribution in [0.5, 0.6) is 11.5 Å². The number of carbonyl (C=O) groups is 1. The molecule has 0 saturated heterocycles. The molecule has 0 aliphatic carbocycles. The van der Waals surface area contributed by atoms with E-state index in [2.05, 4.69) is 10.5 Å². The van der Waals surface area contributed by atoms with E-state index in [9.17, 15) is 4.79 Å². The number of methoxy groups -OCH3 is 1. The van der Waals surface area contributed by atoms with Gasteiger partial charge in [0.1, 0.15) is 0 Å². The standard InChI is InChI=1S/C17H19N3O3/c1-3-23-15-9-8-12(10-16(15)22-2)11-19-20-17(21)13-6-4-5-7-14(13)18/h4-11H,3,18H2,1-2H3,(H,20,21)/b19-11-. The number of nitrogens with two attached hydrogens (primary N) is 1. The Kier molecular flexibility index (Phi) is 5.57. The Morgan fingerprint density at radius 3 is 2.74 bits per heavy atom. The molecule has 3 N–H and O–H groups in total. The third-order valence-electron chi connectivity index (χ3n) is 3.07. The first kappa shape index (κ1) is 16.4. The van der Waals surface area contributed by atoms with Gasteiger partial charge in [-0.3, -0.25) is 4.79 Å². The van der Waals surface area contributed by atoms with Crippen molar-refractivity contribution in [2.45, 2.75) is 6.92 Å². The van der Waals surface area contributed by atoms with Crippen molar-refractivity contribution in [3.8, 4) is 11.5 Å². The van der Waals surface area contributed by atoms with Crippen molar-refractivity contribution in [1.29, 1.82) is 0 Å². The highest BCUT2D eigenvalue weighted by Gasteiger charge is 2.07. The molecule has 2 rings (SSSR count). The van der Waals surface area contributed by atoms with Crippen molar-refractivity contribution in [3.05, 3.63) is 53.6 Å². The molecular formula is C17H19N3O3. The zero-order chi connectivity index (χ0) is 16.7. The fourth-order valence-electron chi connectivity index (χ4n) is 1.97. The first-order chi connectivity index (χ1) is 11.2. The second-order valence-corrected chi connectivity index (χ2v) is 4.63. The Morgan fingerprint density at radius 1 is 1.26 bits per heavy atom. The van der Waals surface area contributed by atoms with Gasteiger partial charge in [-0.05, 0) is 42.8 Å². The van der Waals surface area contributed by atoms with Gasteiger partial charge in [-0.15, -0.1) is 0 Å².